The summed E-state index contributed by atoms with van der Waals surface area (Å²) in [5.41, 5.74) is 1.39. The van der Waals surface area contributed by atoms with E-state index in [0.717, 1.165) is 12.0 Å². The van der Waals surface area contributed by atoms with Crippen molar-refractivity contribution in [1.29, 1.82) is 0 Å². The highest BCUT2D eigenvalue weighted by Gasteiger charge is 2.13. The number of hydrogen-bond acceptors (Lipinski definition) is 4. The number of aromatic nitrogens is 2. The van der Waals surface area contributed by atoms with E-state index in [-0.39, 0.29) is 17.2 Å². The minimum absolute atomic E-state index is 0.0611. The molecule has 0 fully saturated rings. The third kappa shape index (κ3) is 3.85. The zero-order valence-corrected chi connectivity index (χ0v) is 11.6. The van der Waals surface area contributed by atoms with Gasteiger partial charge in [-0.05, 0) is 36.2 Å². The number of carboxylic acid groups (broad SMARTS) is 1. The number of pyridine rings is 2. The molecule has 1 amide bonds. The topological polar surface area (TPSA) is 83.4 Å². The van der Waals surface area contributed by atoms with Gasteiger partial charge in [-0.25, -0.2) is 4.79 Å². The first kappa shape index (κ1) is 14.6. The monoisotopic (exact) mass is 285 g/mol. The van der Waals surface area contributed by atoms with E-state index in [2.05, 4.69) is 9.97 Å². The molecule has 1 N–H and O–H groups in total. The summed E-state index contributed by atoms with van der Waals surface area (Å²) in [6.07, 6.45) is 5.33. The molecular formula is C15H15N3O3. The van der Waals surface area contributed by atoms with Gasteiger partial charge in [0, 0.05) is 32.2 Å². The second kappa shape index (κ2) is 6.60. The fourth-order valence-corrected chi connectivity index (χ4v) is 1.79. The number of rotatable bonds is 5. The summed E-state index contributed by atoms with van der Waals surface area (Å²) in [4.78, 5) is 32.3. The molecule has 6 nitrogen and oxygen atoms in total. The van der Waals surface area contributed by atoms with Crippen LogP contribution in [0.15, 0.2) is 42.9 Å². The normalized spacial score (nSPS) is 10.1. The van der Waals surface area contributed by atoms with Crippen molar-refractivity contribution in [2.75, 3.05) is 13.6 Å². The van der Waals surface area contributed by atoms with Crippen LogP contribution in [0.5, 0.6) is 0 Å². The number of nitrogens with zero attached hydrogens (tertiary/aromatic N) is 3. The predicted molar refractivity (Wildman–Crippen MR) is 76.1 cm³/mol. The van der Waals surface area contributed by atoms with E-state index >= 15 is 0 Å². The van der Waals surface area contributed by atoms with E-state index in [4.69, 9.17) is 5.11 Å². The molecule has 108 valence electrons. The molecule has 0 radical (unpaired) electrons. The van der Waals surface area contributed by atoms with Gasteiger partial charge in [0.25, 0.3) is 5.91 Å². The van der Waals surface area contributed by atoms with Gasteiger partial charge in [-0.1, -0.05) is 0 Å². The predicted octanol–water partition coefficient (Wildman–Crippen LogP) is 1.49. The number of likely N-dealkylation sites (N-methyl/N-ethyl adjacent to an activating group) is 1. The van der Waals surface area contributed by atoms with Gasteiger partial charge in [-0.2, -0.15) is 0 Å². The first-order valence-electron chi connectivity index (χ1n) is 6.41. The molecule has 2 rings (SSSR count). The maximum Gasteiger partial charge on any atom is 0.337 e. The van der Waals surface area contributed by atoms with Crippen LogP contribution in [0.4, 0.5) is 0 Å². The first-order valence-corrected chi connectivity index (χ1v) is 6.41. The van der Waals surface area contributed by atoms with Crippen molar-refractivity contribution in [3.05, 3.63) is 59.7 Å². The van der Waals surface area contributed by atoms with Gasteiger partial charge in [0.1, 0.15) is 5.69 Å². The lowest BCUT2D eigenvalue weighted by Crippen LogP contribution is -2.29. The Balaban J connectivity index is 1.97. The van der Waals surface area contributed by atoms with Crippen LogP contribution in [0.2, 0.25) is 0 Å². The van der Waals surface area contributed by atoms with Crippen LogP contribution in [0.3, 0.4) is 0 Å². The lowest BCUT2D eigenvalue weighted by molar-refractivity contribution is 0.0694. The summed E-state index contributed by atoms with van der Waals surface area (Å²) < 4.78 is 0. The van der Waals surface area contributed by atoms with Crippen molar-refractivity contribution in [3.8, 4) is 0 Å². The Morgan fingerprint density at radius 2 is 1.90 bits per heavy atom. The Labute approximate surface area is 122 Å². The van der Waals surface area contributed by atoms with Crippen LogP contribution >= 0.6 is 0 Å². The fraction of sp³-hybridized carbons (Fsp3) is 0.200. The number of carboxylic acids is 1. The Morgan fingerprint density at radius 3 is 2.48 bits per heavy atom. The summed E-state index contributed by atoms with van der Waals surface area (Å²) in [6.45, 7) is 0.547. The van der Waals surface area contributed by atoms with Gasteiger partial charge in [0.05, 0.1) is 5.56 Å². The number of carbonyl (C=O) groups excluding carboxylic acids is 1. The summed E-state index contributed by atoms with van der Waals surface area (Å²) in [7, 11) is 1.69. The third-order valence-corrected chi connectivity index (χ3v) is 3.06. The maximum absolute atomic E-state index is 12.2. The van der Waals surface area contributed by atoms with Gasteiger partial charge in [-0.3, -0.25) is 14.8 Å². The van der Waals surface area contributed by atoms with E-state index in [9.17, 15) is 9.59 Å². The molecular weight excluding hydrogens is 270 g/mol. The Kier molecular flexibility index (Phi) is 4.61. The first-order chi connectivity index (χ1) is 10.1. The van der Waals surface area contributed by atoms with Crippen molar-refractivity contribution < 1.29 is 14.7 Å². The number of amides is 1. The van der Waals surface area contributed by atoms with E-state index < -0.39 is 5.97 Å². The van der Waals surface area contributed by atoms with Crippen LogP contribution in [0, 0.1) is 0 Å². The molecule has 0 aliphatic rings. The van der Waals surface area contributed by atoms with Gasteiger partial charge in [0.2, 0.25) is 0 Å². The standard InChI is InChI=1S/C15H15N3O3/c1-18(9-6-11-4-7-16-8-5-11)14(19)13-3-2-12(10-17-13)15(20)21/h2-5,7-8,10H,6,9H2,1H3,(H,20,21). The summed E-state index contributed by atoms with van der Waals surface area (Å²) in [5, 5.41) is 8.79. The summed E-state index contributed by atoms with van der Waals surface area (Å²) in [6, 6.07) is 6.60. The van der Waals surface area contributed by atoms with E-state index in [1.807, 2.05) is 12.1 Å². The second-order valence-electron chi connectivity index (χ2n) is 4.57. The zero-order valence-electron chi connectivity index (χ0n) is 11.6. The van der Waals surface area contributed by atoms with Crippen molar-refractivity contribution in [2.24, 2.45) is 0 Å². The smallest absolute Gasteiger partial charge is 0.337 e. The number of aromatic carboxylic acids is 1. The molecule has 0 unspecified atom stereocenters. The van der Waals surface area contributed by atoms with E-state index in [0.29, 0.717) is 6.54 Å². The SMILES string of the molecule is CN(CCc1ccncc1)C(=O)c1ccc(C(=O)O)cn1. The molecule has 2 aromatic rings. The van der Waals surface area contributed by atoms with Crippen molar-refractivity contribution in [2.45, 2.75) is 6.42 Å². The Morgan fingerprint density at radius 1 is 1.19 bits per heavy atom. The molecule has 0 aliphatic heterocycles. The largest absolute Gasteiger partial charge is 0.478 e. The van der Waals surface area contributed by atoms with Crippen molar-refractivity contribution in [1.82, 2.24) is 14.9 Å². The molecule has 0 spiro atoms. The number of carbonyl (C=O) groups is 2. The highest BCUT2D eigenvalue weighted by atomic mass is 16.4. The summed E-state index contributed by atoms with van der Waals surface area (Å²) >= 11 is 0. The third-order valence-electron chi connectivity index (χ3n) is 3.06. The van der Waals surface area contributed by atoms with Crippen molar-refractivity contribution >= 4 is 11.9 Å². The molecule has 0 bridgehead atoms. The van der Waals surface area contributed by atoms with Gasteiger partial charge >= 0.3 is 5.97 Å². The average molecular weight is 285 g/mol. The minimum atomic E-state index is -1.06. The molecule has 2 heterocycles. The average Bonchev–Trinajstić information content (AvgIpc) is 2.53. The molecule has 2 aromatic heterocycles. The van der Waals surface area contributed by atoms with Crippen LogP contribution in [-0.2, 0) is 6.42 Å². The fourth-order valence-electron chi connectivity index (χ4n) is 1.79. The van der Waals surface area contributed by atoms with Gasteiger partial charge < -0.3 is 10.0 Å². The Bertz CT molecular complexity index is 626. The lowest BCUT2D eigenvalue weighted by atomic mass is 10.2. The maximum atomic E-state index is 12.2. The van der Waals surface area contributed by atoms with Crippen LogP contribution in [-0.4, -0.2) is 45.4 Å². The van der Waals surface area contributed by atoms with Crippen LogP contribution in [0.1, 0.15) is 26.4 Å². The lowest BCUT2D eigenvalue weighted by Gasteiger charge is -2.16. The molecule has 6 heteroatoms. The highest BCUT2D eigenvalue weighted by Crippen LogP contribution is 2.05. The van der Waals surface area contributed by atoms with Crippen molar-refractivity contribution in [3.63, 3.8) is 0 Å². The molecule has 0 saturated heterocycles. The molecule has 0 aliphatic carbocycles. The van der Waals surface area contributed by atoms with Gasteiger partial charge in [0.15, 0.2) is 0 Å². The van der Waals surface area contributed by atoms with Crippen LogP contribution in [0.25, 0.3) is 0 Å². The number of hydrogen-bond donors (Lipinski definition) is 1. The second-order valence-corrected chi connectivity index (χ2v) is 4.57. The Hall–Kier alpha value is -2.76. The molecule has 0 saturated carbocycles. The minimum Gasteiger partial charge on any atom is -0.478 e. The quantitative estimate of drug-likeness (QED) is 0.899. The summed E-state index contributed by atoms with van der Waals surface area (Å²) in [5.74, 6) is -1.30. The molecule has 0 atom stereocenters. The molecule has 21 heavy (non-hydrogen) atoms. The van der Waals surface area contributed by atoms with Gasteiger partial charge in [-0.15, -0.1) is 0 Å². The van der Waals surface area contributed by atoms with E-state index in [1.54, 1.807) is 24.3 Å². The van der Waals surface area contributed by atoms with Crippen LogP contribution < -0.4 is 0 Å². The zero-order chi connectivity index (χ0) is 15.2. The molecule has 0 aromatic carbocycles. The highest BCUT2D eigenvalue weighted by molar-refractivity contribution is 5.93. The van der Waals surface area contributed by atoms with E-state index in [1.165, 1.54) is 18.3 Å².